The van der Waals surface area contributed by atoms with E-state index in [1.54, 1.807) is 18.2 Å². The highest BCUT2D eigenvalue weighted by molar-refractivity contribution is 6.04. The van der Waals surface area contributed by atoms with Crippen molar-refractivity contribution in [2.45, 2.75) is 6.92 Å². The van der Waals surface area contributed by atoms with E-state index in [0.717, 1.165) is 0 Å². The first-order valence-corrected chi connectivity index (χ1v) is 5.32. The summed E-state index contributed by atoms with van der Waals surface area (Å²) in [6.07, 6.45) is 0. The number of anilines is 1. The van der Waals surface area contributed by atoms with Crippen molar-refractivity contribution in [2.24, 2.45) is 5.11 Å². The molecule has 19 heavy (non-hydrogen) atoms. The minimum absolute atomic E-state index is 0.341. The third-order valence-corrected chi connectivity index (χ3v) is 2.44. The molecule has 0 fully saturated rings. The van der Waals surface area contributed by atoms with Crippen molar-refractivity contribution in [3.63, 3.8) is 0 Å². The number of aliphatic hydroxyl groups excluding tert-OH is 1. The maximum Gasteiger partial charge on any atom is 0.323 e. The molecule has 0 aliphatic carbocycles. The third-order valence-electron chi connectivity index (χ3n) is 2.44. The van der Waals surface area contributed by atoms with Crippen molar-refractivity contribution in [1.82, 2.24) is 9.97 Å². The largest absolute Gasteiger partial charge is 0.510 e. The first-order chi connectivity index (χ1) is 9.01. The molecule has 0 saturated carbocycles. The van der Waals surface area contributed by atoms with Crippen LogP contribution in [0.2, 0.25) is 0 Å². The van der Waals surface area contributed by atoms with Crippen molar-refractivity contribution >= 4 is 22.6 Å². The zero-order valence-electron chi connectivity index (χ0n) is 9.94. The van der Waals surface area contributed by atoms with Gasteiger partial charge in [0.05, 0.1) is 11.0 Å². The number of aromatic nitrogens is 2. The van der Waals surface area contributed by atoms with Crippen LogP contribution in [-0.4, -0.2) is 21.0 Å². The van der Waals surface area contributed by atoms with Crippen LogP contribution in [0.3, 0.4) is 0 Å². The lowest BCUT2D eigenvalue weighted by Crippen LogP contribution is -2.14. The zero-order valence-corrected chi connectivity index (χ0v) is 9.94. The van der Waals surface area contributed by atoms with Gasteiger partial charge < -0.3 is 20.4 Å². The van der Waals surface area contributed by atoms with E-state index in [1.165, 1.54) is 6.92 Å². The van der Waals surface area contributed by atoms with E-state index in [4.69, 9.17) is 5.53 Å². The number of aromatic amines is 2. The second kappa shape index (κ2) is 4.77. The Bertz CT molecular complexity index is 736. The maximum atomic E-state index is 11.7. The van der Waals surface area contributed by atoms with Crippen LogP contribution in [0.4, 0.5) is 5.69 Å². The molecular weight excluding hydrogens is 250 g/mol. The lowest BCUT2D eigenvalue weighted by Gasteiger charge is -2.05. The number of nitrogens with one attached hydrogen (secondary N) is 4. The monoisotopic (exact) mass is 261 g/mol. The molecule has 1 aromatic carbocycles. The molecule has 5 N–H and O–H groups in total. The summed E-state index contributed by atoms with van der Waals surface area (Å²) >= 11 is 0. The molecule has 1 heterocycles. The number of allylic oxidation sites excluding steroid dienone is 1. The standard InChI is InChI=1S/C11H11N5O3/c1-5(17)9(16-12)10(18)13-6-2-3-7-8(4-6)15-11(19)14-7/h2-4,12,17H,1H3,(H,13,18)(H2,14,15,19). The summed E-state index contributed by atoms with van der Waals surface area (Å²) in [6, 6.07) is 4.76. The van der Waals surface area contributed by atoms with Crippen LogP contribution >= 0.6 is 0 Å². The third kappa shape index (κ3) is 2.51. The van der Waals surface area contributed by atoms with Gasteiger partial charge in [0.25, 0.3) is 5.91 Å². The maximum absolute atomic E-state index is 11.7. The minimum Gasteiger partial charge on any atom is -0.510 e. The van der Waals surface area contributed by atoms with E-state index in [2.05, 4.69) is 20.4 Å². The number of hydrogen-bond donors (Lipinski definition) is 5. The van der Waals surface area contributed by atoms with E-state index < -0.39 is 5.91 Å². The summed E-state index contributed by atoms with van der Waals surface area (Å²) in [6.45, 7) is 1.26. The van der Waals surface area contributed by atoms with Gasteiger partial charge >= 0.3 is 5.69 Å². The molecule has 8 nitrogen and oxygen atoms in total. The molecule has 0 radical (unpaired) electrons. The normalized spacial score (nSPS) is 12.1. The Hall–Kier alpha value is -2.90. The fraction of sp³-hybridized carbons (Fsp3) is 0.0909. The number of aliphatic hydroxyl groups is 1. The van der Waals surface area contributed by atoms with E-state index in [9.17, 15) is 14.7 Å². The Morgan fingerprint density at radius 3 is 2.68 bits per heavy atom. The Morgan fingerprint density at radius 1 is 1.37 bits per heavy atom. The smallest absolute Gasteiger partial charge is 0.323 e. The summed E-state index contributed by atoms with van der Waals surface area (Å²) in [7, 11) is 0. The van der Waals surface area contributed by atoms with E-state index >= 15 is 0 Å². The summed E-state index contributed by atoms with van der Waals surface area (Å²) < 4.78 is 0. The Labute approximate surface area is 106 Å². The molecule has 2 rings (SSSR count). The molecular formula is C11H11N5O3. The Kier molecular flexibility index (Phi) is 3.15. The summed E-state index contributed by atoms with van der Waals surface area (Å²) in [4.78, 5) is 27.9. The van der Waals surface area contributed by atoms with Crippen LogP contribution in [0.1, 0.15) is 6.92 Å². The number of benzene rings is 1. The van der Waals surface area contributed by atoms with Crippen molar-refractivity contribution in [3.05, 3.63) is 40.1 Å². The number of carbonyl (C=O) groups excluding carboxylic acids is 1. The molecule has 0 atom stereocenters. The molecule has 8 heteroatoms. The Balaban J connectivity index is 2.31. The summed E-state index contributed by atoms with van der Waals surface area (Å²) in [5, 5.41) is 14.6. The number of hydrogen-bond acceptors (Lipinski definition) is 5. The number of imidazole rings is 1. The number of amides is 1. The van der Waals surface area contributed by atoms with Crippen molar-refractivity contribution in [1.29, 1.82) is 5.53 Å². The van der Waals surface area contributed by atoms with E-state index in [1.807, 2.05) is 0 Å². The van der Waals surface area contributed by atoms with Crippen molar-refractivity contribution < 1.29 is 9.90 Å². The number of nitrogens with zero attached hydrogens (tertiary/aromatic N) is 1. The first kappa shape index (κ1) is 12.6. The fourth-order valence-electron chi connectivity index (χ4n) is 1.60. The molecule has 1 amide bonds. The van der Waals surface area contributed by atoms with Gasteiger partial charge in [0.1, 0.15) is 5.76 Å². The van der Waals surface area contributed by atoms with Crippen LogP contribution in [-0.2, 0) is 4.79 Å². The molecule has 98 valence electrons. The van der Waals surface area contributed by atoms with Gasteiger partial charge in [-0.3, -0.25) is 4.79 Å². The van der Waals surface area contributed by atoms with Gasteiger partial charge in [-0.25, -0.2) is 10.3 Å². The summed E-state index contributed by atoms with van der Waals surface area (Å²) in [5.41, 5.74) is 7.67. The average Bonchev–Trinajstić information content (AvgIpc) is 2.68. The predicted octanol–water partition coefficient (Wildman–Crippen LogP) is 1.62. The van der Waals surface area contributed by atoms with Gasteiger partial charge in [-0.1, -0.05) is 0 Å². The van der Waals surface area contributed by atoms with Gasteiger partial charge in [0.15, 0.2) is 5.70 Å². The van der Waals surface area contributed by atoms with E-state index in [0.29, 0.717) is 16.7 Å². The van der Waals surface area contributed by atoms with Crippen LogP contribution in [0, 0.1) is 5.53 Å². The first-order valence-electron chi connectivity index (χ1n) is 5.32. The molecule has 0 aliphatic heterocycles. The molecule has 0 bridgehead atoms. The second-order valence-corrected chi connectivity index (χ2v) is 3.84. The summed E-state index contributed by atoms with van der Waals surface area (Å²) in [5.74, 6) is -1.05. The van der Waals surface area contributed by atoms with Crippen LogP contribution in [0.5, 0.6) is 0 Å². The van der Waals surface area contributed by atoms with Crippen LogP contribution in [0.25, 0.3) is 11.0 Å². The van der Waals surface area contributed by atoms with Crippen molar-refractivity contribution in [2.75, 3.05) is 5.32 Å². The van der Waals surface area contributed by atoms with Crippen LogP contribution < -0.4 is 11.0 Å². The number of H-pyrrole nitrogens is 2. The highest BCUT2D eigenvalue weighted by atomic mass is 16.3. The minimum atomic E-state index is -0.702. The topological polar surface area (TPSA) is 134 Å². The van der Waals surface area contributed by atoms with Gasteiger partial charge in [0.2, 0.25) is 0 Å². The molecule has 0 aliphatic rings. The molecule has 2 aromatic rings. The van der Waals surface area contributed by atoms with E-state index in [-0.39, 0.29) is 17.1 Å². The fourth-order valence-corrected chi connectivity index (χ4v) is 1.60. The molecule has 0 saturated heterocycles. The average molecular weight is 261 g/mol. The van der Waals surface area contributed by atoms with Crippen LogP contribution in [0.15, 0.2) is 39.6 Å². The van der Waals surface area contributed by atoms with Gasteiger partial charge in [-0.2, -0.15) is 0 Å². The lowest BCUT2D eigenvalue weighted by atomic mass is 10.2. The highest BCUT2D eigenvalue weighted by Gasteiger charge is 2.13. The van der Waals surface area contributed by atoms with Gasteiger partial charge in [0, 0.05) is 5.69 Å². The second-order valence-electron chi connectivity index (χ2n) is 3.84. The number of carbonyl (C=O) groups is 1. The molecule has 0 unspecified atom stereocenters. The number of fused-ring (bicyclic) bond motifs is 1. The van der Waals surface area contributed by atoms with Crippen molar-refractivity contribution in [3.8, 4) is 0 Å². The molecule has 1 aromatic heterocycles. The zero-order chi connectivity index (χ0) is 14.0. The van der Waals surface area contributed by atoms with Gasteiger partial charge in [-0.05, 0) is 25.1 Å². The highest BCUT2D eigenvalue weighted by Crippen LogP contribution is 2.16. The Morgan fingerprint density at radius 2 is 2.05 bits per heavy atom. The molecule has 0 spiro atoms. The van der Waals surface area contributed by atoms with Gasteiger partial charge in [-0.15, -0.1) is 5.11 Å². The number of rotatable bonds is 3. The predicted molar refractivity (Wildman–Crippen MR) is 68.0 cm³/mol. The SMILES string of the molecule is CC(O)=C(N=N)C(=O)Nc1ccc2[nH]c(=O)[nH]c2c1. The lowest BCUT2D eigenvalue weighted by molar-refractivity contribution is -0.113. The quantitative estimate of drug-likeness (QED) is 0.326.